The van der Waals surface area contributed by atoms with Crippen LogP contribution in [0.1, 0.15) is 59.1 Å². The summed E-state index contributed by atoms with van der Waals surface area (Å²) in [5.41, 5.74) is 4.66. The molecule has 0 aromatic carbocycles. The molecular weight excluding hydrogens is 434 g/mol. The van der Waals surface area contributed by atoms with Gasteiger partial charge in [-0.2, -0.15) is 5.10 Å². The lowest BCUT2D eigenvalue weighted by molar-refractivity contribution is 0.0646. The minimum absolute atomic E-state index is 0.0901. The second-order valence-electron chi connectivity index (χ2n) is 8.42. The van der Waals surface area contributed by atoms with Gasteiger partial charge in [-0.3, -0.25) is 4.79 Å². The minimum atomic E-state index is -0.495. The van der Waals surface area contributed by atoms with E-state index in [2.05, 4.69) is 50.0 Å². The summed E-state index contributed by atoms with van der Waals surface area (Å²) in [6.07, 6.45) is 7.34. The van der Waals surface area contributed by atoms with Crippen molar-refractivity contribution in [3.05, 3.63) is 77.7 Å². The standard InChI is InChI=1S/C23H21N9O2/c1-13(2)14-5-3-9-32-17(14)11-16(30-32)19-18-15(26-12-27-18)6-10-31(19)23(33)22-29-28-21(34-22)20-24-7-4-8-25-20/h3-5,7-9,11-13,19H,6,10H2,1-2H3,(H,26,27). The largest absolute Gasteiger partial charge is 0.409 e. The zero-order valence-electron chi connectivity index (χ0n) is 18.6. The van der Waals surface area contributed by atoms with Gasteiger partial charge in [-0.25, -0.2) is 19.5 Å². The molecule has 170 valence electrons. The molecule has 1 N–H and O–H groups in total. The number of pyridine rings is 1. The van der Waals surface area contributed by atoms with Gasteiger partial charge < -0.3 is 14.3 Å². The Hall–Kier alpha value is -4.41. The van der Waals surface area contributed by atoms with Crippen LogP contribution in [0.5, 0.6) is 0 Å². The summed E-state index contributed by atoms with van der Waals surface area (Å²) in [6.45, 7) is 4.74. The van der Waals surface area contributed by atoms with Crippen LogP contribution in [-0.4, -0.2) is 57.1 Å². The van der Waals surface area contributed by atoms with Crippen LogP contribution < -0.4 is 0 Å². The first-order valence-electron chi connectivity index (χ1n) is 11.0. The molecule has 0 radical (unpaired) electrons. The lowest BCUT2D eigenvalue weighted by Crippen LogP contribution is -2.41. The van der Waals surface area contributed by atoms with Crippen LogP contribution >= 0.6 is 0 Å². The normalized spacial score (nSPS) is 15.7. The van der Waals surface area contributed by atoms with E-state index in [1.54, 1.807) is 29.7 Å². The number of carbonyl (C=O) groups excluding carboxylic acids is 1. The first-order valence-corrected chi connectivity index (χ1v) is 11.0. The van der Waals surface area contributed by atoms with E-state index in [-0.39, 0.29) is 17.6 Å². The SMILES string of the molecule is CC(C)c1cccn2nc(C3c4nc[nH]c4CCN3C(=O)c3nnc(-c4ncccn4)o3)cc12. The number of fused-ring (bicyclic) bond motifs is 2. The maximum Gasteiger partial charge on any atom is 0.312 e. The van der Waals surface area contributed by atoms with Crippen LogP contribution in [0.3, 0.4) is 0 Å². The van der Waals surface area contributed by atoms with E-state index in [0.29, 0.717) is 18.9 Å². The molecule has 6 heterocycles. The highest BCUT2D eigenvalue weighted by molar-refractivity contribution is 5.90. The minimum Gasteiger partial charge on any atom is -0.409 e. The summed E-state index contributed by atoms with van der Waals surface area (Å²) < 4.78 is 7.51. The van der Waals surface area contributed by atoms with Crippen molar-refractivity contribution in [2.45, 2.75) is 32.2 Å². The third-order valence-electron chi connectivity index (χ3n) is 6.01. The average Bonchev–Trinajstić information content (AvgIpc) is 3.62. The number of hydrogen-bond donors (Lipinski definition) is 1. The predicted octanol–water partition coefficient (Wildman–Crippen LogP) is 2.81. The topological polar surface area (TPSA) is 131 Å². The third-order valence-corrected chi connectivity index (χ3v) is 6.01. The van der Waals surface area contributed by atoms with Crippen molar-refractivity contribution in [3.63, 3.8) is 0 Å². The maximum absolute atomic E-state index is 13.6. The molecule has 6 rings (SSSR count). The Kier molecular flexibility index (Phi) is 4.68. The van der Waals surface area contributed by atoms with E-state index in [0.717, 1.165) is 22.6 Å². The Bertz CT molecular complexity index is 1480. The second kappa shape index (κ2) is 7.87. The van der Waals surface area contributed by atoms with Crippen LogP contribution in [-0.2, 0) is 6.42 Å². The Balaban J connectivity index is 1.42. The molecule has 0 fully saturated rings. The molecule has 1 atom stereocenters. The Morgan fingerprint density at radius 1 is 1.18 bits per heavy atom. The van der Waals surface area contributed by atoms with Crippen molar-refractivity contribution >= 4 is 11.4 Å². The fourth-order valence-corrected chi connectivity index (χ4v) is 4.41. The second-order valence-corrected chi connectivity index (χ2v) is 8.42. The van der Waals surface area contributed by atoms with Crippen molar-refractivity contribution in [2.75, 3.05) is 6.54 Å². The fourth-order valence-electron chi connectivity index (χ4n) is 4.41. The Morgan fingerprint density at radius 2 is 2.03 bits per heavy atom. The Labute approximate surface area is 193 Å². The number of aromatic amines is 1. The van der Waals surface area contributed by atoms with Crippen molar-refractivity contribution in [2.24, 2.45) is 0 Å². The van der Waals surface area contributed by atoms with Gasteiger partial charge in [0.25, 0.3) is 5.89 Å². The van der Waals surface area contributed by atoms with E-state index in [1.165, 1.54) is 5.56 Å². The summed E-state index contributed by atoms with van der Waals surface area (Å²) in [5, 5.41) is 12.8. The zero-order valence-corrected chi connectivity index (χ0v) is 18.6. The van der Waals surface area contributed by atoms with Crippen LogP contribution in [0.2, 0.25) is 0 Å². The molecule has 34 heavy (non-hydrogen) atoms. The molecule has 1 aliphatic rings. The van der Waals surface area contributed by atoms with Crippen LogP contribution in [0.25, 0.3) is 17.2 Å². The molecule has 1 amide bonds. The van der Waals surface area contributed by atoms with Crippen molar-refractivity contribution in [1.82, 2.24) is 44.6 Å². The molecule has 11 heteroatoms. The van der Waals surface area contributed by atoms with Crippen molar-refractivity contribution in [3.8, 4) is 11.7 Å². The number of carbonyl (C=O) groups is 1. The van der Waals surface area contributed by atoms with Gasteiger partial charge in [0, 0.05) is 37.3 Å². The van der Waals surface area contributed by atoms with Crippen molar-refractivity contribution in [1.29, 1.82) is 0 Å². The molecule has 5 aromatic heterocycles. The van der Waals surface area contributed by atoms with Gasteiger partial charge in [-0.1, -0.05) is 19.9 Å². The van der Waals surface area contributed by atoms with Gasteiger partial charge in [0.1, 0.15) is 6.04 Å². The van der Waals surface area contributed by atoms with Gasteiger partial charge in [0.05, 0.1) is 23.2 Å². The number of aromatic nitrogens is 8. The molecule has 0 spiro atoms. The van der Waals surface area contributed by atoms with E-state index in [4.69, 9.17) is 9.52 Å². The Morgan fingerprint density at radius 3 is 2.85 bits per heavy atom. The number of amides is 1. The highest BCUT2D eigenvalue weighted by Crippen LogP contribution is 2.35. The monoisotopic (exact) mass is 455 g/mol. The first-order chi connectivity index (χ1) is 16.6. The molecular formula is C23H21N9O2. The van der Waals surface area contributed by atoms with E-state index in [1.807, 2.05) is 22.8 Å². The van der Waals surface area contributed by atoms with Gasteiger partial charge in [0.15, 0.2) is 0 Å². The van der Waals surface area contributed by atoms with Gasteiger partial charge in [0.2, 0.25) is 5.82 Å². The number of hydrogen-bond acceptors (Lipinski definition) is 8. The molecule has 5 aromatic rings. The molecule has 0 saturated heterocycles. The quantitative estimate of drug-likeness (QED) is 0.438. The number of nitrogens with zero attached hydrogens (tertiary/aromatic N) is 8. The smallest absolute Gasteiger partial charge is 0.312 e. The predicted molar refractivity (Wildman–Crippen MR) is 120 cm³/mol. The van der Waals surface area contributed by atoms with Gasteiger partial charge in [-0.05, 0) is 29.7 Å². The molecule has 1 unspecified atom stereocenters. The third kappa shape index (κ3) is 3.24. The average molecular weight is 455 g/mol. The highest BCUT2D eigenvalue weighted by atomic mass is 16.4. The molecule has 1 aliphatic heterocycles. The molecule has 0 aliphatic carbocycles. The number of nitrogens with one attached hydrogen (secondary N) is 1. The van der Waals surface area contributed by atoms with Crippen molar-refractivity contribution < 1.29 is 9.21 Å². The van der Waals surface area contributed by atoms with Crippen LogP contribution in [0.4, 0.5) is 0 Å². The van der Waals surface area contributed by atoms with E-state index >= 15 is 0 Å². The van der Waals surface area contributed by atoms with Crippen LogP contribution in [0, 0.1) is 0 Å². The first kappa shape index (κ1) is 20.2. The molecule has 11 nitrogen and oxygen atoms in total. The summed E-state index contributed by atoms with van der Waals surface area (Å²) in [6, 6.07) is 7.30. The summed E-state index contributed by atoms with van der Waals surface area (Å²) in [4.78, 5) is 31.2. The zero-order chi connectivity index (χ0) is 23.2. The highest BCUT2D eigenvalue weighted by Gasteiger charge is 2.38. The van der Waals surface area contributed by atoms with E-state index < -0.39 is 11.9 Å². The summed E-state index contributed by atoms with van der Waals surface area (Å²) in [7, 11) is 0. The van der Waals surface area contributed by atoms with Gasteiger partial charge >= 0.3 is 11.8 Å². The van der Waals surface area contributed by atoms with Crippen LogP contribution in [0.15, 0.2) is 53.6 Å². The lowest BCUT2D eigenvalue weighted by Gasteiger charge is -2.32. The maximum atomic E-state index is 13.6. The number of imidazole rings is 1. The molecule has 0 bridgehead atoms. The molecule has 0 saturated carbocycles. The summed E-state index contributed by atoms with van der Waals surface area (Å²) >= 11 is 0. The van der Waals surface area contributed by atoms with Gasteiger partial charge in [-0.15, -0.1) is 10.2 Å². The number of rotatable bonds is 4. The lowest BCUT2D eigenvalue weighted by atomic mass is 9.98. The fraction of sp³-hybridized carbons (Fsp3) is 0.261. The number of H-pyrrole nitrogens is 1. The van der Waals surface area contributed by atoms with E-state index in [9.17, 15) is 4.79 Å². The summed E-state index contributed by atoms with van der Waals surface area (Å²) in [5.74, 6) is 0.163.